The Balaban J connectivity index is 1.63. The summed E-state index contributed by atoms with van der Waals surface area (Å²) in [6.45, 7) is -0.774. The SMILES string of the molecule is O=C(OCC1COC1)C1C2C=CC(C2)C1C(=O)OCC(F)(F)S(=O)(=O)[O-]. The molecule has 2 fully saturated rings. The first-order valence-corrected chi connectivity index (χ1v) is 9.43. The van der Waals surface area contributed by atoms with E-state index in [9.17, 15) is 31.3 Å². The highest BCUT2D eigenvalue weighted by molar-refractivity contribution is 7.86. The first kappa shape index (κ1) is 19.2. The summed E-state index contributed by atoms with van der Waals surface area (Å²) < 4.78 is 72.4. The molecule has 0 amide bonds. The lowest BCUT2D eigenvalue weighted by Crippen LogP contribution is -2.40. The smallest absolute Gasteiger partial charge is 0.367 e. The fraction of sp³-hybridized carbons (Fsp3) is 0.733. The average molecular weight is 395 g/mol. The molecule has 0 aromatic rings. The number of fused-ring (bicyclic) bond motifs is 2. The zero-order valence-electron chi connectivity index (χ0n) is 13.5. The molecule has 1 aliphatic heterocycles. The van der Waals surface area contributed by atoms with Crippen molar-refractivity contribution in [2.45, 2.75) is 11.7 Å². The van der Waals surface area contributed by atoms with Crippen LogP contribution in [0.25, 0.3) is 0 Å². The van der Waals surface area contributed by atoms with Gasteiger partial charge in [0.25, 0.3) is 0 Å². The summed E-state index contributed by atoms with van der Waals surface area (Å²) in [5.41, 5.74) is 0. The van der Waals surface area contributed by atoms with E-state index in [1.807, 2.05) is 0 Å². The highest BCUT2D eigenvalue weighted by Crippen LogP contribution is 2.49. The maximum atomic E-state index is 13.2. The van der Waals surface area contributed by atoms with Crippen molar-refractivity contribution in [3.05, 3.63) is 12.2 Å². The monoisotopic (exact) mass is 395 g/mol. The Morgan fingerprint density at radius 3 is 2.12 bits per heavy atom. The maximum Gasteiger partial charge on any atom is 0.367 e. The minimum atomic E-state index is -5.95. The number of esters is 2. The number of allylic oxidation sites excluding steroid dienone is 2. The number of hydrogen-bond acceptors (Lipinski definition) is 8. The van der Waals surface area contributed by atoms with Gasteiger partial charge in [-0.15, -0.1) is 0 Å². The van der Waals surface area contributed by atoms with Gasteiger partial charge in [-0.25, -0.2) is 8.42 Å². The number of alkyl halides is 2. The van der Waals surface area contributed by atoms with Gasteiger partial charge >= 0.3 is 17.2 Å². The van der Waals surface area contributed by atoms with Gasteiger partial charge in [-0.05, 0) is 18.3 Å². The predicted octanol–water partition coefficient (Wildman–Crippen LogP) is 0.296. The van der Waals surface area contributed by atoms with Crippen molar-refractivity contribution < 1.29 is 45.6 Å². The molecule has 0 spiro atoms. The maximum absolute atomic E-state index is 13.2. The molecule has 1 heterocycles. The molecule has 3 aliphatic rings. The Labute approximate surface area is 148 Å². The summed E-state index contributed by atoms with van der Waals surface area (Å²) in [5.74, 6) is -4.24. The van der Waals surface area contributed by atoms with Crippen LogP contribution in [0, 0.1) is 29.6 Å². The lowest BCUT2D eigenvalue weighted by atomic mass is 9.83. The van der Waals surface area contributed by atoms with Crippen molar-refractivity contribution in [2.75, 3.05) is 26.4 Å². The molecule has 2 bridgehead atoms. The molecule has 1 saturated heterocycles. The first-order chi connectivity index (χ1) is 12.1. The second kappa shape index (κ2) is 6.86. The van der Waals surface area contributed by atoms with Crippen LogP contribution in [-0.2, 0) is 33.9 Å². The lowest BCUT2D eigenvalue weighted by molar-refractivity contribution is -0.167. The van der Waals surface area contributed by atoms with Crippen LogP contribution in [0.2, 0.25) is 0 Å². The number of halogens is 2. The molecule has 2 aliphatic carbocycles. The van der Waals surface area contributed by atoms with E-state index in [4.69, 9.17) is 9.47 Å². The molecule has 0 radical (unpaired) electrons. The molecule has 4 atom stereocenters. The van der Waals surface area contributed by atoms with Gasteiger partial charge in [0.05, 0.1) is 31.7 Å². The summed E-state index contributed by atoms with van der Waals surface area (Å²) in [6.07, 6.45) is 3.94. The van der Waals surface area contributed by atoms with Crippen LogP contribution in [0.1, 0.15) is 6.42 Å². The first-order valence-electron chi connectivity index (χ1n) is 8.03. The Kier molecular flexibility index (Phi) is 5.06. The van der Waals surface area contributed by atoms with Gasteiger partial charge < -0.3 is 18.8 Å². The van der Waals surface area contributed by atoms with Gasteiger partial charge in [-0.3, -0.25) is 9.59 Å². The highest BCUT2D eigenvalue weighted by atomic mass is 32.2. The molecule has 1 saturated carbocycles. The average Bonchev–Trinajstić information content (AvgIpc) is 3.10. The van der Waals surface area contributed by atoms with Gasteiger partial charge in [-0.1, -0.05) is 12.2 Å². The standard InChI is InChI=1S/C15H18F2O8S/c16-15(17,26(20,21)22)7-25-14(19)12-10-2-1-9(3-10)11(12)13(18)24-6-8-4-23-5-8/h1-2,8-12H,3-7H2,(H,20,21,22)/p-1. The quantitative estimate of drug-likeness (QED) is 0.343. The van der Waals surface area contributed by atoms with Crippen LogP contribution in [0.5, 0.6) is 0 Å². The molecule has 26 heavy (non-hydrogen) atoms. The molecule has 11 heteroatoms. The third-order valence-corrected chi connectivity index (χ3v) is 5.77. The van der Waals surface area contributed by atoms with Gasteiger partial charge in [0.2, 0.25) is 0 Å². The van der Waals surface area contributed by atoms with E-state index in [0.29, 0.717) is 19.6 Å². The number of rotatable bonds is 7. The molecule has 0 aromatic heterocycles. The van der Waals surface area contributed by atoms with Crippen molar-refractivity contribution in [2.24, 2.45) is 29.6 Å². The van der Waals surface area contributed by atoms with E-state index in [-0.39, 0.29) is 24.4 Å². The van der Waals surface area contributed by atoms with E-state index >= 15 is 0 Å². The van der Waals surface area contributed by atoms with Gasteiger partial charge in [-0.2, -0.15) is 8.78 Å². The highest BCUT2D eigenvalue weighted by Gasteiger charge is 2.53. The van der Waals surface area contributed by atoms with Crippen molar-refractivity contribution in [1.82, 2.24) is 0 Å². The van der Waals surface area contributed by atoms with Crippen LogP contribution >= 0.6 is 0 Å². The van der Waals surface area contributed by atoms with Crippen LogP contribution in [0.3, 0.4) is 0 Å². The summed E-state index contributed by atoms with van der Waals surface area (Å²) in [5, 5.41) is -4.73. The molecule has 8 nitrogen and oxygen atoms in total. The van der Waals surface area contributed by atoms with E-state index in [0.717, 1.165) is 0 Å². The Hall–Kier alpha value is -1.59. The Morgan fingerprint density at radius 2 is 1.65 bits per heavy atom. The fourth-order valence-corrected chi connectivity index (χ4v) is 3.67. The van der Waals surface area contributed by atoms with Crippen molar-refractivity contribution in [3.63, 3.8) is 0 Å². The lowest BCUT2D eigenvalue weighted by Gasteiger charge is -2.29. The molecule has 0 aromatic carbocycles. The Morgan fingerprint density at radius 1 is 1.12 bits per heavy atom. The minimum Gasteiger partial charge on any atom is -0.743 e. The van der Waals surface area contributed by atoms with Crippen molar-refractivity contribution in [3.8, 4) is 0 Å². The Bertz CT molecular complexity index is 715. The number of carbonyl (C=O) groups excluding carboxylic acids is 2. The number of carbonyl (C=O) groups is 2. The summed E-state index contributed by atoms with van der Waals surface area (Å²) >= 11 is 0. The zero-order chi connectivity index (χ0) is 19.1. The van der Waals surface area contributed by atoms with Crippen LogP contribution in [0.15, 0.2) is 12.2 Å². The van der Waals surface area contributed by atoms with Crippen molar-refractivity contribution in [1.29, 1.82) is 0 Å². The summed E-state index contributed by atoms with van der Waals surface area (Å²) in [4.78, 5) is 24.6. The van der Waals surface area contributed by atoms with E-state index in [2.05, 4.69) is 4.74 Å². The topological polar surface area (TPSA) is 119 Å². The third kappa shape index (κ3) is 3.60. The van der Waals surface area contributed by atoms with E-state index < -0.39 is 45.8 Å². The van der Waals surface area contributed by atoms with Crippen molar-refractivity contribution >= 4 is 22.1 Å². The van der Waals surface area contributed by atoms with E-state index in [1.54, 1.807) is 12.2 Å². The molecule has 4 unspecified atom stereocenters. The van der Waals surface area contributed by atoms with Gasteiger partial charge in [0.1, 0.15) is 0 Å². The fourth-order valence-electron chi connectivity index (χ4n) is 3.47. The van der Waals surface area contributed by atoms with Crippen LogP contribution in [0.4, 0.5) is 8.78 Å². The number of hydrogen-bond donors (Lipinski definition) is 0. The van der Waals surface area contributed by atoms with Crippen LogP contribution in [-0.4, -0.2) is 56.6 Å². The molecular formula is C15H17F2O8S-. The molecular weight excluding hydrogens is 378 g/mol. The molecule has 146 valence electrons. The van der Waals surface area contributed by atoms with Crippen LogP contribution < -0.4 is 0 Å². The third-order valence-electron chi connectivity index (χ3n) is 4.92. The second-order valence-corrected chi connectivity index (χ2v) is 8.24. The van der Waals surface area contributed by atoms with Gasteiger partial charge in [0.15, 0.2) is 16.7 Å². The normalized spacial score (nSPS) is 30.9. The number of ether oxygens (including phenoxy) is 3. The predicted molar refractivity (Wildman–Crippen MR) is 78.6 cm³/mol. The largest absolute Gasteiger partial charge is 0.743 e. The van der Waals surface area contributed by atoms with Gasteiger partial charge in [0, 0.05) is 5.92 Å². The molecule has 3 rings (SSSR count). The summed E-state index contributed by atoms with van der Waals surface area (Å²) in [7, 11) is -5.95. The summed E-state index contributed by atoms with van der Waals surface area (Å²) in [6, 6.07) is 0. The molecule has 0 N–H and O–H groups in total. The zero-order valence-corrected chi connectivity index (χ0v) is 14.3. The van der Waals surface area contributed by atoms with E-state index in [1.165, 1.54) is 0 Å². The second-order valence-electron chi connectivity index (χ2n) is 6.73. The minimum absolute atomic E-state index is 0.0967.